The third kappa shape index (κ3) is 4.94. The van der Waals surface area contributed by atoms with Crippen LogP contribution in [-0.2, 0) is 16.0 Å². The molecule has 0 spiro atoms. The topological polar surface area (TPSA) is 71.0 Å². The largest absolute Gasteiger partial charge is 0.452 e. The molecule has 0 aromatic heterocycles. The van der Waals surface area contributed by atoms with Crippen LogP contribution in [0.15, 0.2) is 53.6 Å². The fraction of sp³-hybridized carbons (Fsp3) is 0.286. The van der Waals surface area contributed by atoms with E-state index in [2.05, 4.69) is 10.4 Å². The molecule has 0 bridgehead atoms. The minimum atomic E-state index is -0.528. The molecular weight excluding hydrogens is 342 g/mol. The van der Waals surface area contributed by atoms with Crippen LogP contribution in [0.5, 0.6) is 0 Å². The molecule has 1 aliphatic heterocycles. The Morgan fingerprint density at radius 1 is 1.19 bits per heavy atom. The summed E-state index contributed by atoms with van der Waals surface area (Å²) in [5.74, 6) is -0.893. The Morgan fingerprint density at radius 2 is 1.96 bits per heavy atom. The first-order valence-corrected chi connectivity index (χ1v) is 9.02. The minimum absolute atomic E-state index is 0.327. The standard InChI is InChI=1S/C21H23N3O3/c1-3-16-5-4-6-18(13-16)22-20(25)14-27-21(26)17-7-9-19(10-8-17)24-12-11-15(2)23-24/h4-10,13H,3,11-12,14H2,1-2H3,(H,22,25). The number of hydrazone groups is 1. The van der Waals surface area contributed by atoms with Gasteiger partial charge in [0.05, 0.1) is 11.3 Å². The molecule has 0 unspecified atom stereocenters. The van der Waals surface area contributed by atoms with Crippen molar-refractivity contribution < 1.29 is 14.3 Å². The van der Waals surface area contributed by atoms with E-state index in [4.69, 9.17) is 4.74 Å². The van der Waals surface area contributed by atoms with Crippen molar-refractivity contribution in [2.75, 3.05) is 23.5 Å². The van der Waals surface area contributed by atoms with Crippen LogP contribution in [0.1, 0.15) is 36.2 Å². The first-order chi connectivity index (χ1) is 13.0. The van der Waals surface area contributed by atoms with Gasteiger partial charge in [-0.3, -0.25) is 9.80 Å². The highest BCUT2D eigenvalue weighted by Crippen LogP contribution is 2.20. The van der Waals surface area contributed by atoms with Gasteiger partial charge in [0.25, 0.3) is 5.91 Å². The summed E-state index contributed by atoms with van der Waals surface area (Å²) in [6, 6.07) is 14.6. The van der Waals surface area contributed by atoms with Crippen molar-refractivity contribution in [1.29, 1.82) is 0 Å². The second-order valence-corrected chi connectivity index (χ2v) is 6.43. The molecule has 6 heteroatoms. The number of hydrogen-bond acceptors (Lipinski definition) is 5. The summed E-state index contributed by atoms with van der Waals surface area (Å²) < 4.78 is 5.11. The van der Waals surface area contributed by atoms with E-state index < -0.39 is 5.97 Å². The highest BCUT2D eigenvalue weighted by atomic mass is 16.5. The van der Waals surface area contributed by atoms with Gasteiger partial charge in [0.15, 0.2) is 6.61 Å². The Morgan fingerprint density at radius 3 is 2.63 bits per heavy atom. The monoisotopic (exact) mass is 365 g/mol. The number of amides is 1. The van der Waals surface area contributed by atoms with Gasteiger partial charge in [-0.2, -0.15) is 5.10 Å². The Balaban J connectivity index is 1.52. The van der Waals surface area contributed by atoms with E-state index in [0.717, 1.165) is 36.3 Å². The molecule has 2 aromatic rings. The van der Waals surface area contributed by atoms with Crippen LogP contribution in [0.3, 0.4) is 0 Å². The molecule has 0 atom stereocenters. The van der Waals surface area contributed by atoms with Gasteiger partial charge in [-0.25, -0.2) is 4.79 Å². The van der Waals surface area contributed by atoms with Crippen molar-refractivity contribution in [1.82, 2.24) is 0 Å². The second-order valence-electron chi connectivity index (χ2n) is 6.43. The summed E-state index contributed by atoms with van der Waals surface area (Å²) in [6.45, 7) is 4.56. The molecule has 0 radical (unpaired) electrons. The zero-order valence-corrected chi connectivity index (χ0v) is 15.6. The zero-order valence-electron chi connectivity index (χ0n) is 15.6. The summed E-state index contributed by atoms with van der Waals surface area (Å²) in [7, 11) is 0. The predicted octanol–water partition coefficient (Wildman–Crippen LogP) is 3.63. The van der Waals surface area contributed by atoms with Gasteiger partial charge in [-0.1, -0.05) is 19.1 Å². The van der Waals surface area contributed by atoms with Gasteiger partial charge in [0.2, 0.25) is 0 Å². The van der Waals surface area contributed by atoms with E-state index in [1.807, 2.05) is 49.2 Å². The van der Waals surface area contributed by atoms with Crippen molar-refractivity contribution in [3.63, 3.8) is 0 Å². The number of ether oxygens (including phenoxy) is 1. The van der Waals surface area contributed by atoms with Crippen LogP contribution in [-0.4, -0.2) is 30.7 Å². The van der Waals surface area contributed by atoms with Crippen LogP contribution in [0, 0.1) is 0 Å². The van der Waals surface area contributed by atoms with Crippen molar-refractivity contribution in [3.05, 3.63) is 59.7 Å². The molecule has 27 heavy (non-hydrogen) atoms. The Labute approximate surface area is 158 Å². The smallest absolute Gasteiger partial charge is 0.338 e. The van der Waals surface area contributed by atoms with Crippen LogP contribution in [0.25, 0.3) is 0 Å². The lowest BCUT2D eigenvalue weighted by molar-refractivity contribution is -0.119. The third-order valence-electron chi connectivity index (χ3n) is 4.33. The summed E-state index contributed by atoms with van der Waals surface area (Å²) in [5, 5.41) is 9.07. The lowest BCUT2D eigenvalue weighted by Crippen LogP contribution is -2.21. The number of carbonyl (C=O) groups excluding carboxylic acids is 2. The maximum absolute atomic E-state index is 12.1. The number of rotatable bonds is 6. The number of carbonyl (C=O) groups is 2. The highest BCUT2D eigenvalue weighted by Gasteiger charge is 2.15. The summed E-state index contributed by atoms with van der Waals surface area (Å²) in [6.07, 6.45) is 1.83. The average molecular weight is 365 g/mol. The summed E-state index contributed by atoms with van der Waals surface area (Å²) in [5.41, 5.74) is 4.24. The first-order valence-electron chi connectivity index (χ1n) is 9.02. The quantitative estimate of drug-likeness (QED) is 0.794. The average Bonchev–Trinajstić information content (AvgIpc) is 3.12. The summed E-state index contributed by atoms with van der Waals surface area (Å²) >= 11 is 0. The molecule has 1 heterocycles. The molecule has 1 aliphatic rings. The molecule has 140 valence electrons. The molecule has 2 aromatic carbocycles. The molecule has 0 saturated heterocycles. The van der Waals surface area contributed by atoms with Gasteiger partial charge >= 0.3 is 5.97 Å². The summed E-state index contributed by atoms with van der Waals surface area (Å²) in [4.78, 5) is 24.1. The van der Waals surface area contributed by atoms with E-state index in [1.165, 1.54) is 0 Å². The van der Waals surface area contributed by atoms with Crippen LogP contribution < -0.4 is 10.3 Å². The molecule has 0 saturated carbocycles. The van der Waals surface area contributed by atoms with Gasteiger partial charge in [0.1, 0.15) is 0 Å². The number of nitrogens with zero attached hydrogens (tertiary/aromatic N) is 2. The molecule has 0 fully saturated rings. The van der Waals surface area contributed by atoms with Crippen molar-refractivity contribution in [3.8, 4) is 0 Å². The van der Waals surface area contributed by atoms with Gasteiger partial charge < -0.3 is 10.1 Å². The van der Waals surface area contributed by atoms with Crippen LogP contribution in [0.4, 0.5) is 11.4 Å². The number of esters is 1. The minimum Gasteiger partial charge on any atom is -0.452 e. The van der Waals surface area contributed by atoms with E-state index in [0.29, 0.717) is 11.3 Å². The van der Waals surface area contributed by atoms with Gasteiger partial charge in [-0.05, 0) is 55.3 Å². The van der Waals surface area contributed by atoms with E-state index in [1.54, 1.807) is 18.2 Å². The van der Waals surface area contributed by atoms with Crippen LogP contribution in [0.2, 0.25) is 0 Å². The fourth-order valence-electron chi connectivity index (χ4n) is 2.81. The fourth-order valence-corrected chi connectivity index (χ4v) is 2.81. The Bertz CT molecular complexity index is 859. The van der Waals surface area contributed by atoms with E-state index >= 15 is 0 Å². The molecular formula is C21H23N3O3. The van der Waals surface area contributed by atoms with Gasteiger partial charge in [-0.15, -0.1) is 0 Å². The maximum atomic E-state index is 12.1. The van der Waals surface area contributed by atoms with Crippen molar-refractivity contribution >= 4 is 29.0 Å². The molecule has 0 aliphatic carbocycles. The Kier molecular flexibility index (Phi) is 5.86. The SMILES string of the molecule is CCc1cccc(NC(=O)COC(=O)c2ccc(N3CCC(C)=N3)cc2)c1. The lowest BCUT2D eigenvalue weighted by atomic mass is 10.1. The molecule has 1 amide bonds. The van der Waals surface area contributed by atoms with Crippen molar-refractivity contribution in [2.24, 2.45) is 5.10 Å². The molecule has 6 nitrogen and oxygen atoms in total. The molecule has 3 rings (SSSR count). The Hall–Kier alpha value is -3.15. The second kappa shape index (κ2) is 8.49. The van der Waals surface area contributed by atoms with Gasteiger partial charge in [0, 0.05) is 24.4 Å². The maximum Gasteiger partial charge on any atom is 0.338 e. The number of nitrogens with one attached hydrogen (secondary N) is 1. The number of aryl methyl sites for hydroxylation is 1. The first kappa shape index (κ1) is 18.6. The zero-order chi connectivity index (χ0) is 19.2. The highest BCUT2D eigenvalue weighted by molar-refractivity contribution is 5.95. The molecule has 1 N–H and O–H groups in total. The number of hydrogen-bond donors (Lipinski definition) is 1. The van der Waals surface area contributed by atoms with E-state index in [-0.39, 0.29) is 12.5 Å². The number of benzene rings is 2. The third-order valence-corrected chi connectivity index (χ3v) is 4.33. The number of anilines is 2. The lowest BCUT2D eigenvalue weighted by Gasteiger charge is -2.13. The predicted molar refractivity (Wildman–Crippen MR) is 106 cm³/mol. The van der Waals surface area contributed by atoms with Crippen molar-refractivity contribution in [2.45, 2.75) is 26.7 Å². The normalized spacial score (nSPS) is 13.3. The van der Waals surface area contributed by atoms with Crippen LogP contribution >= 0.6 is 0 Å². The van der Waals surface area contributed by atoms with E-state index in [9.17, 15) is 9.59 Å².